The Hall–Kier alpha value is -1.10. The third kappa shape index (κ3) is 3.07. The Morgan fingerprint density at radius 3 is 2.52 bits per heavy atom. The zero-order valence-electron chi connectivity index (χ0n) is 13.9. The number of hydrogen-bond donors (Lipinski definition) is 1. The Bertz CT molecular complexity index is 410. The highest BCUT2D eigenvalue weighted by Crippen LogP contribution is 2.29. The molecule has 2 fully saturated rings. The van der Waals surface area contributed by atoms with Crippen LogP contribution < -0.4 is 5.32 Å². The van der Waals surface area contributed by atoms with Crippen LogP contribution in [0, 0.1) is 11.8 Å². The second-order valence-corrected chi connectivity index (χ2v) is 7.00. The summed E-state index contributed by atoms with van der Waals surface area (Å²) in [5.41, 5.74) is 0. The predicted octanol–water partition coefficient (Wildman–Crippen LogP) is 1.09. The van der Waals surface area contributed by atoms with Gasteiger partial charge in [0.25, 0.3) is 0 Å². The second-order valence-electron chi connectivity index (χ2n) is 7.00. The highest BCUT2D eigenvalue weighted by atomic mass is 16.2. The maximum Gasteiger partial charge on any atom is 0.246 e. The SMILES string of the molecule is CCC1NC(=O)C(C(C)C)N(C2CCN(C)CC2C)C1=O. The lowest BCUT2D eigenvalue weighted by Crippen LogP contribution is -2.69. The van der Waals surface area contributed by atoms with Gasteiger partial charge in [-0.1, -0.05) is 27.7 Å². The Balaban J connectivity index is 2.29. The summed E-state index contributed by atoms with van der Waals surface area (Å²) >= 11 is 0. The standard InChI is InChI=1S/C16H29N3O2/c1-6-12-16(21)19(14(10(2)3)15(20)17-12)13-7-8-18(5)9-11(13)4/h10-14H,6-9H2,1-5H3,(H,17,20). The first-order chi connectivity index (χ1) is 9.86. The first kappa shape index (κ1) is 16.3. The molecule has 2 aliphatic rings. The minimum atomic E-state index is -0.348. The van der Waals surface area contributed by atoms with Crippen LogP contribution in [-0.4, -0.2) is 59.9 Å². The van der Waals surface area contributed by atoms with Gasteiger partial charge in [0.1, 0.15) is 12.1 Å². The largest absolute Gasteiger partial charge is 0.343 e. The van der Waals surface area contributed by atoms with Crippen LogP contribution in [0.4, 0.5) is 0 Å². The van der Waals surface area contributed by atoms with Crippen LogP contribution in [0.1, 0.15) is 40.5 Å². The van der Waals surface area contributed by atoms with Crippen LogP contribution in [0.5, 0.6) is 0 Å². The summed E-state index contributed by atoms with van der Waals surface area (Å²) in [5.74, 6) is 0.663. The van der Waals surface area contributed by atoms with Crippen molar-refractivity contribution < 1.29 is 9.59 Å². The van der Waals surface area contributed by atoms with Gasteiger partial charge in [-0.3, -0.25) is 9.59 Å². The van der Waals surface area contributed by atoms with Crippen molar-refractivity contribution >= 4 is 11.8 Å². The molecule has 2 aliphatic heterocycles. The number of amides is 2. The van der Waals surface area contributed by atoms with E-state index < -0.39 is 0 Å². The van der Waals surface area contributed by atoms with Gasteiger partial charge in [-0.15, -0.1) is 0 Å². The van der Waals surface area contributed by atoms with Crippen molar-refractivity contribution in [1.82, 2.24) is 15.1 Å². The Kier molecular flexibility index (Phi) is 4.91. The number of nitrogens with one attached hydrogen (secondary N) is 1. The van der Waals surface area contributed by atoms with E-state index in [1.807, 2.05) is 25.7 Å². The molecule has 2 saturated heterocycles. The van der Waals surface area contributed by atoms with E-state index in [-0.39, 0.29) is 35.9 Å². The summed E-state index contributed by atoms with van der Waals surface area (Å²) in [4.78, 5) is 29.5. The topological polar surface area (TPSA) is 52.7 Å². The molecule has 0 aromatic heterocycles. The van der Waals surface area contributed by atoms with Crippen molar-refractivity contribution in [3.8, 4) is 0 Å². The molecule has 0 bridgehead atoms. The van der Waals surface area contributed by atoms with Gasteiger partial charge in [-0.2, -0.15) is 0 Å². The van der Waals surface area contributed by atoms with E-state index in [0.29, 0.717) is 12.3 Å². The molecule has 2 amide bonds. The quantitative estimate of drug-likeness (QED) is 0.848. The van der Waals surface area contributed by atoms with Crippen LogP contribution in [0.25, 0.3) is 0 Å². The molecule has 2 rings (SSSR count). The highest BCUT2D eigenvalue weighted by molar-refractivity contribution is 5.97. The van der Waals surface area contributed by atoms with E-state index >= 15 is 0 Å². The number of piperazine rings is 1. The average molecular weight is 295 g/mol. The predicted molar refractivity (Wildman–Crippen MR) is 82.8 cm³/mol. The van der Waals surface area contributed by atoms with E-state index in [9.17, 15) is 9.59 Å². The lowest BCUT2D eigenvalue weighted by Gasteiger charge is -2.49. The first-order valence-corrected chi connectivity index (χ1v) is 8.17. The fraction of sp³-hybridized carbons (Fsp3) is 0.875. The molecule has 21 heavy (non-hydrogen) atoms. The van der Waals surface area contributed by atoms with E-state index in [0.717, 1.165) is 19.5 Å². The summed E-state index contributed by atoms with van der Waals surface area (Å²) in [7, 11) is 2.12. The number of carbonyl (C=O) groups is 2. The molecule has 1 N–H and O–H groups in total. The molecule has 4 unspecified atom stereocenters. The van der Waals surface area contributed by atoms with E-state index in [2.05, 4.69) is 24.2 Å². The highest BCUT2D eigenvalue weighted by Gasteiger charge is 2.46. The van der Waals surface area contributed by atoms with Gasteiger partial charge in [-0.05, 0) is 38.3 Å². The summed E-state index contributed by atoms with van der Waals surface area (Å²) < 4.78 is 0. The average Bonchev–Trinajstić information content (AvgIpc) is 2.40. The molecule has 0 saturated carbocycles. The summed E-state index contributed by atoms with van der Waals surface area (Å²) in [6, 6.07) is -0.489. The fourth-order valence-electron chi connectivity index (χ4n) is 3.79. The van der Waals surface area contributed by atoms with Crippen LogP contribution in [-0.2, 0) is 9.59 Å². The molecular weight excluding hydrogens is 266 g/mol. The third-order valence-electron chi connectivity index (χ3n) is 4.90. The third-order valence-corrected chi connectivity index (χ3v) is 4.90. The van der Waals surface area contributed by atoms with Crippen molar-refractivity contribution in [2.75, 3.05) is 20.1 Å². The molecule has 0 spiro atoms. The molecule has 0 radical (unpaired) electrons. The van der Waals surface area contributed by atoms with Gasteiger partial charge in [-0.25, -0.2) is 0 Å². The van der Waals surface area contributed by atoms with E-state index in [1.165, 1.54) is 0 Å². The molecule has 5 nitrogen and oxygen atoms in total. The minimum absolute atomic E-state index is 0.0163. The maximum absolute atomic E-state index is 12.8. The molecular formula is C16H29N3O2. The number of likely N-dealkylation sites (tertiary alicyclic amines) is 1. The maximum atomic E-state index is 12.8. The Labute approximate surface area is 128 Å². The zero-order chi connectivity index (χ0) is 15.7. The lowest BCUT2D eigenvalue weighted by molar-refractivity contribution is -0.157. The molecule has 0 aromatic carbocycles. The van der Waals surface area contributed by atoms with Gasteiger partial charge < -0.3 is 15.1 Å². The van der Waals surface area contributed by atoms with Gasteiger partial charge in [0, 0.05) is 12.6 Å². The fourth-order valence-corrected chi connectivity index (χ4v) is 3.79. The number of carbonyl (C=O) groups excluding carboxylic acids is 2. The normalized spacial score (nSPS) is 35.2. The van der Waals surface area contributed by atoms with Crippen molar-refractivity contribution in [2.24, 2.45) is 11.8 Å². The molecule has 2 heterocycles. The lowest BCUT2D eigenvalue weighted by atomic mass is 9.87. The first-order valence-electron chi connectivity index (χ1n) is 8.17. The van der Waals surface area contributed by atoms with Crippen molar-refractivity contribution in [2.45, 2.75) is 58.7 Å². The van der Waals surface area contributed by atoms with Crippen molar-refractivity contribution in [3.63, 3.8) is 0 Å². The molecule has 0 aromatic rings. The van der Waals surface area contributed by atoms with Crippen LogP contribution in [0.2, 0.25) is 0 Å². The second kappa shape index (κ2) is 6.34. The zero-order valence-corrected chi connectivity index (χ0v) is 13.9. The van der Waals surface area contributed by atoms with Gasteiger partial charge >= 0.3 is 0 Å². The number of rotatable bonds is 3. The van der Waals surface area contributed by atoms with E-state index in [4.69, 9.17) is 0 Å². The van der Waals surface area contributed by atoms with Gasteiger partial charge in [0.15, 0.2) is 0 Å². The Morgan fingerprint density at radius 2 is 2.00 bits per heavy atom. The smallest absolute Gasteiger partial charge is 0.246 e. The molecule has 120 valence electrons. The summed E-state index contributed by atoms with van der Waals surface area (Å²) in [6.07, 6.45) is 1.61. The number of piperidine rings is 1. The monoisotopic (exact) mass is 295 g/mol. The summed E-state index contributed by atoms with van der Waals surface area (Å²) in [5, 5.41) is 2.90. The van der Waals surface area contributed by atoms with E-state index in [1.54, 1.807) is 0 Å². The molecule has 4 atom stereocenters. The van der Waals surface area contributed by atoms with Crippen LogP contribution in [0.15, 0.2) is 0 Å². The van der Waals surface area contributed by atoms with Crippen molar-refractivity contribution in [1.29, 1.82) is 0 Å². The molecule has 0 aliphatic carbocycles. The van der Waals surface area contributed by atoms with Gasteiger partial charge in [0.05, 0.1) is 0 Å². The van der Waals surface area contributed by atoms with Crippen LogP contribution in [0.3, 0.4) is 0 Å². The number of nitrogens with zero attached hydrogens (tertiary/aromatic N) is 2. The molecule has 5 heteroatoms. The summed E-state index contributed by atoms with van der Waals surface area (Å²) in [6.45, 7) is 10.2. The van der Waals surface area contributed by atoms with Crippen LogP contribution >= 0.6 is 0 Å². The van der Waals surface area contributed by atoms with Crippen molar-refractivity contribution in [3.05, 3.63) is 0 Å². The minimum Gasteiger partial charge on any atom is -0.343 e. The number of hydrogen-bond acceptors (Lipinski definition) is 3. The Morgan fingerprint density at radius 1 is 1.33 bits per heavy atom. The van der Waals surface area contributed by atoms with Gasteiger partial charge in [0.2, 0.25) is 11.8 Å².